The summed E-state index contributed by atoms with van der Waals surface area (Å²) in [6.45, 7) is 2.95. The van der Waals surface area contributed by atoms with Crippen LogP contribution in [0, 0.1) is 0 Å². The Labute approximate surface area is 113 Å². The molecule has 19 heavy (non-hydrogen) atoms. The number of rotatable bonds is 4. The first-order valence-corrected chi connectivity index (χ1v) is 7.69. The average molecular weight is 285 g/mol. The molecule has 2 N–H and O–H groups in total. The highest BCUT2D eigenvalue weighted by atomic mass is 32.2. The van der Waals surface area contributed by atoms with Crippen LogP contribution in [0.2, 0.25) is 0 Å². The van der Waals surface area contributed by atoms with E-state index in [1.54, 1.807) is 7.05 Å². The Kier molecular flexibility index (Phi) is 4.07. The molecule has 7 heteroatoms. The maximum Gasteiger partial charge on any atom is 0.241 e. The Balaban J connectivity index is 2.21. The van der Waals surface area contributed by atoms with Gasteiger partial charge in [0.05, 0.1) is 17.0 Å². The number of nitrogens with one attached hydrogen (secondary N) is 2. The standard InChI is InChI=1S/C12H19N3O3S/c1-12(5-3-7-18-9-12)15-19(16,17)10-4-6-14-11(8-10)13-2/h4,6,8,15H,3,5,7,9H2,1-2H3,(H,13,14). The van der Waals surface area contributed by atoms with E-state index >= 15 is 0 Å². The second-order valence-corrected chi connectivity index (χ2v) is 6.63. The van der Waals surface area contributed by atoms with Crippen LogP contribution in [0.5, 0.6) is 0 Å². The quantitative estimate of drug-likeness (QED) is 0.861. The Morgan fingerprint density at radius 2 is 2.26 bits per heavy atom. The topological polar surface area (TPSA) is 80.3 Å². The molecule has 1 aromatic heterocycles. The van der Waals surface area contributed by atoms with Gasteiger partial charge in [-0.2, -0.15) is 0 Å². The molecule has 0 aromatic carbocycles. The van der Waals surface area contributed by atoms with Crippen molar-refractivity contribution in [1.82, 2.24) is 9.71 Å². The normalized spacial score (nSPS) is 24.1. The van der Waals surface area contributed by atoms with Crippen LogP contribution in [-0.2, 0) is 14.8 Å². The lowest BCUT2D eigenvalue weighted by molar-refractivity contribution is 0.0386. The molecule has 0 saturated carbocycles. The number of hydrogen-bond donors (Lipinski definition) is 2. The first-order chi connectivity index (χ1) is 8.95. The minimum absolute atomic E-state index is 0.207. The molecule has 1 aliphatic heterocycles. The molecule has 0 radical (unpaired) electrons. The van der Waals surface area contributed by atoms with Crippen molar-refractivity contribution < 1.29 is 13.2 Å². The zero-order chi connectivity index (χ0) is 13.9. The smallest absolute Gasteiger partial charge is 0.241 e. The third kappa shape index (κ3) is 3.43. The van der Waals surface area contributed by atoms with E-state index < -0.39 is 15.6 Å². The summed E-state index contributed by atoms with van der Waals surface area (Å²) in [6.07, 6.45) is 3.10. The third-order valence-corrected chi connectivity index (χ3v) is 4.75. The molecular formula is C12H19N3O3S. The van der Waals surface area contributed by atoms with E-state index in [0.717, 1.165) is 12.8 Å². The maximum absolute atomic E-state index is 12.4. The van der Waals surface area contributed by atoms with E-state index in [1.807, 2.05) is 6.92 Å². The van der Waals surface area contributed by atoms with Crippen molar-refractivity contribution >= 4 is 15.8 Å². The minimum atomic E-state index is -3.56. The highest BCUT2D eigenvalue weighted by Gasteiger charge is 2.32. The van der Waals surface area contributed by atoms with Crippen LogP contribution in [0.15, 0.2) is 23.2 Å². The van der Waals surface area contributed by atoms with Crippen molar-refractivity contribution in [2.75, 3.05) is 25.6 Å². The summed E-state index contributed by atoms with van der Waals surface area (Å²) in [5.41, 5.74) is -0.542. The Morgan fingerprint density at radius 1 is 1.47 bits per heavy atom. The summed E-state index contributed by atoms with van der Waals surface area (Å²) < 4.78 is 32.8. The largest absolute Gasteiger partial charge is 0.380 e. The van der Waals surface area contributed by atoms with Gasteiger partial charge < -0.3 is 10.1 Å². The van der Waals surface area contributed by atoms with Crippen molar-refractivity contribution in [3.8, 4) is 0 Å². The van der Waals surface area contributed by atoms with E-state index in [-0.39, 0.29) is 4.90 Å². The van der Waals surface area contributed by atoms with Crippen molar-refractivity contribution in [3.05, 3.63) is 18.3 Å². The summed E-state index contributed by atoms with van der Waals surface area (Å²) in [6, 6.07) is 2.99. The molecule has 2 heterocycles. The molecule has 0 bridgehead atoms. The van der Waals surface area contributed by atoms with Gasteiger partial charge in [0.1, 0.15) is 5.82 Å². The Bertz CT molecular complexity index is 539. The lowest BCUT2D eigenvalue weighted by atomic mass is 9.97. The molecule has 0 spiro atoms. The SMILES string of the molecule is CNc1cc(S(=O)(=O)NC2(C)CCCOC2)ccn1. The molecule has 0 aliphatic carbocycles. The van der Waals surface area contributed by atoms with Crippen molar-refractivity contribution in [3.63, 3.8) is 0 Å². The van der Waals surface area contributed by atoms with Crippen LogP contribution in [0.1, 0.15) is 19.8 Å². The van der Waals surface area contributed by atoms with Crippen LogP contribution in [0.4, 0.5) is 5.82 Å². The molecule has 2 rings (SSSR count). The maximum atomic E-state index is 12.4. The lowest BCUT2D eigenvalue weighted by Gasteiger charge is -2.33. The number of anilines is 1. The molecule has 1 atom stereocenters. The summed E-state index contributed by atoms with van der Waals surface area (Å²) in [4.78, 5) is 4.21. The van der Waals surface area contributed by atoms with Gasteiger partial charge in [0, 0.05) is 25.9 Å². The predicted octanol–water partition coefficient (Wildman–Crippen LogP) is 0.971. The van der Waals surface area contributed by atoms with Crippen LogP contribution >= 0.6 is 0 Å². The second kappa shape index (κ2) is 5.44. The summed E-state index contributed by atoms with van der Waals surface area (Å²) in [5, 5.41) is 2.82. The molecule has 0 amide bonds. The number of sulfonamides is 1. The van der Waals surface area contributed by atoms with Gasteiger partial charge in [-0.05, 0) is 25.8 Å². The Morgan fingerprint density at radius 3 is 2.89 bits per heavy atom. The first-order valence-electron chi connectivity index (χ1n) is 6.21. The first kappa shape index (κ1) is 14.2. The van der Waals surface area contributed by atoms with Crippen LogP contribution < -0.4 is 10.0 Å². The van der Waals surface area contributed by atoms with Crippen LogP contribution in [0.3, 0.4) is 0 Å². The number of aromatic nitrogens is 1. The van der Waals surface area contributed by atoms with Gasteiger partial charge in [0.15, 0.2) is 0 Å². The summed E-state index contributed by atoms with van der Waals surface area (Å²) >= 11 is 0. The molecule has 106 valence electrons. The number of pyridine rings is 1. The number of hydrogen-bond acceptors (Lipinski definition) is 5. The van der Waals surface area contributed by atoms with E-state index in [4.69, 9.17) is 4.74 Å². The van der Waals surface area contributed by atoms with Gasteiger partial charge in [0.25, 0.3) is 0 Å². The average Bonchev–Trinajstić information content (AvgIpc) is 2.38. The molecule has 1 saturated heterocycles. The predicted molar refractivity (Wildman–Crippen MR) is 72.6 cm³/mol. The number of ether oxygens (including phenoxy) is 1. The van der Waals surface area contributed by atoms with Gasteiger partial charge in [0.2, 0.25) is 10.0 Å². The summed E-state index contributed by atoms with van der Waals surface area (Å²) in [5.74, 6) is 0.521. The van der Waals surface area contributed by atoms with E-state index in [1.165, 1.54) is 18.3 Å². The van der Waals surface area contributed by atoms with Gasteiger partial charge in [-0.25, -0.2) is 18.1 Å². The molecule has 1 aromatic rings. The molecule has 1 fully saturated rings. The van der Waals surface area contributed by atoms with Crippen molar-refractivity contribution in [2.24, 2.45) is 0 Å². The van der Waals surface area contributed by atoms with Crippen LogP contribution in [0.25, 0.3) is 0 Å². The third-order valence-electron chi connectivity index (χ3n) is 3.12. The lowest BCUT2D eigenvalue weighted by Crippen LogP contribution is -2.51. The van der Waals surface area contributed by atoms with Gasteiger partial charge in [-0.3, -0.25) is 0 Å². The van der Waals surface area contributed by atoms with E-state index in [0.29, 0.717) is 19.0 Å². The van der Waals surface area contributed by atoms with Crippen molar-refractivity contribution in [2.45, 2.75) is 30.2 Å². The summed E-state index contributed by atoms with van der Waals surface area (Å²) in [7, 11) is -1.86. The fraction of sp³-hybridized carbons (Fsp3) is 0.583. The zero-order valence-corrected chi connectivity index (χ0v) is 12.0. The number of nitrogens with zero attached hydrogens (tertiary/aromatic N) is 1. The van der Waals surface area contributed by atoms with E-state index in [2.05, 4.69) is 15.0 Å². The Hall–Kier alpha value is -1.18. The second-order valence-electron chi connectivity index (χ2n) is 4.95. The fourth-order valence-corrected chi connectivity index (χ4v) is 3.55. The van der Waals surface area contributed by atoms with Gasteiger partial charge in [-0.1, -0.05) is 0 Å². The molecule has 1 unspecified atom stereocenters. The zero-order valence-electron chi connectivity index (χ0n) is 11.1. The highest BCUT2D eigenvalue weighted by Crippen LogP contribution is 2.22. The van der Waals surface area contributed by atoms with Gasteiger partial charge in [-0.15, -0.1) is 0 Å². The molecule has 6 nitrogen and oxygen atoms in total. The monoisotopic (exact) mass is 285 g/mol. The molecular weight excluding hydrogens is 266 g/mol. The fourth-order valence-electron chi connectivity index (χ4n) is 2.11. The van der Waals surface area contributed by atoms with E-state index in [9.17, 15) is 8.42 Å². The van der Waals surface area contributed by atoms with Crippen molar-refractivity contribution in [1.29, 1.82) is 0 Å². The van der Waals surface area contributed by atoms with Crippen LogP contribution in [-0.4, -0.2) is 39.2 Å². The minimum Gasteiger partial charge on any atom is -0.380 e. The molecule has 1 aliphatic rings. The van der Waals surface area contributed by atoms with Gasteiger partial charge >= 0.3 is 0 Å². The highest BCUT2D eigenvalue weighted by molar-refractivity contribution is 7.89.